The predicted molar refractivity (Wildman–Crippen MR) is 143 cm³/mol. The van der Waals surface area contributed by atoms with Crippen LogP contribution in [0.15, 0.2) is 36.9 Å². The van der Waals surface area contributed by atoms with Crippen molar-refractivity contribution in [3.05, 3.63) is 42.5 Å². The van der Waals surface area contributed by atoms with Gasteiger partial charge < -0.3 is 39.7 Å². The van der Waals surface area contributed by atoms with E-state index >= 15 is 0 Å². The van der Waals surface area contributed by atoms with Crippen LogP contribution in [-0.2, 0) is 15.9 Å². The van der Waals surface area contributed by atoms with E-state index in [0.29, 0.717) is 44.5 Å². The average Bonchev–Trinajstić information content (AvgIpc) is 3.01. The summed E-state index contributed by atoms with van der Waals surface area (Å²) in [6.07, 6.45) is 2.90. The molecule has 2 saturated carbocycles. The van der Waals surface area contributed by atoms with Crippen LogP contribution >= 0.6 is 0 Å². The quantitative estimate of drug-likeness (QED) is 0.193. The van der Waals surface area contributed by atoms with Crippen LogP contribution in [0.3, 0.4) is 0 Å². The number of ether oxygens (including phenoxy) is 3. The van der Waals surface area contributed by atoms with Crippen molar-refractivity contribution in [3.63, 3.8) is 0 Å². The monoisotopic (exact) mass is 534 g/mol. The second-order valence-corrected chi connectivity index (χ2v) is 11.3. The fourth-order valence-corrected chi connectivity index (χ4v) is 7.08. The maximum absolute atomic E-state index is 12.2. The van der Waals surface area contributed by atoms with Crippen LogP contribution in [0.25, 0.3) is 0 Å². The zero-order valence-corrected chi connectivity index (χ0v) is 22.6. The van der Waals surface area contributed by atoms with E-state index in [4.69, 9.17) is 14.2 Å². The number of rotatable bonds is 13. The Kier molecular flexibility index (Phi) is 9.90. The number of fused-ring (bicyclic) bond motifs is 1. The molecule has 0 amide bonds. The lowest BCUT2D eigenvalue weighted by Gasteiger charge is -2.64. The van der Waals surface area contributed by atoms with Crippen molar-refractivity contribution in [1.29, 1.82) is 0 Å². The highest BCUT2D eigenvalue weighted by Gasteiger charge is 2.74. The number of aliphatic hydroxyl groups is 5. The Bertz CT molecular complexity index is 893. The molecule has 9 unspecified atom stereocenters. The van der Waals surface area contributed by atoms with Crippen molar-refractivity contribution in [2.24, 2.45) is 17.8 Å². The van der Waals surface area contributed by atoms with Crippen molar-refractivity contribution in [2.75, 3.05) is 19.8 Å². The molecule has 8 nitrogen and oxygen atoms in total. The number of unbranched alkanes of at least 4 members (excludes halogenated alkanes) is 2. The molecule has 3 aliphatic rings. The van der Waals surface area contributed by atoms with Crippen LogP contribution in [0.1, 0.15) is 63.9 Å². The van der Waals surface area contributed by atoms with E-state index in [-0.39, 0.29) is 31.0 Å². The Morgan fingerprint density at radius 3 is 2.47 bits per heavy atom. The van der Waals surface area contributed by atoms with Gasteiger partial charge in [-0.05, 0) is 80.4 Å². The molecule has 9 atom stereocenters. The summed E-state index contributed by atoms with van der Waals surface area (Å²) in [5, 5.41) is 55.4. The van der Waals surface area contributed by atoms with E-state index in [1.54, 1.807) is 0 Å². The summed E-state index contributed by atoms with van der Waals surface area (Å²) in [6, 6.07) is 7.51. The number of hydrogen-bond donors (Lipinski definition) is 5. The first kappa shape index (κ1) is 29.5. The summed E-state index contributed by atoms with van der Waals surface area (Å²) in [4.78, 5) is 0. The molecule has 1 saturated heterocycles. The van der Waals surface area contributed by atoms with Gasteiger partial charge in [0, 0.05) is 19.8 Å². The van der Waals surface area contributed by atoms with Gasteiger partial charge in [-0.15, -0.1) is 6.58 Å². The van der Waals surface area contributed by atoms with E-state index in [2.05, 4.69) is 13.5 Å². The number of allylic oxidation sites excluding steroid dienone is 1. The third-order valence-electron chi connectivity index (χ3n) is 9.12. The molecule has 2 bridgehead atoms. The molecule has 0 aromatic heterocycles. The minimum atomic E-state index is -1.76. The van der Waals surface area contributed by atoms with Gasteiger partial charge in [0.15, 0.2) is 5.60 Å². The van der Waals surface area contributed by atoms with Gasteiger partial charge in [0.1, 0.15) is 23.6 Å². The summed E-state index contributed by atoms with van der Waals surface area (Å²) in [6.45, 7) is 6.03. The first-order valence-corrected chi connectivity index (χ1v) is 14.3. The molecule has 0 spiro atoms. The fraction of sp³-hybridized carbons (Fsp3) is 0.733. The Labute approximate surface area is 226 Å². The zero-order chi connectivity index (χ0) is 27.3. The van der Waals surface area contributed by atoms with Gasteiger partial charge in [-0.1, -0.05) is 38.0 Å². The average molecular weight is 535 g/mol. The van der Waals surface area contributed by atoms with Gasteiger partial charge in [0.05, 0.1) is 6.10 Å². The minimum absolute atomic E-state index is 0.0886. The SMILES string of the molecule is C=CCc1ccc(OC2OC3C(O)C(CCO)CCC4CC(CCO)C2(OCCCCC)C(O)C43O)cc1. The van der Waals surface area contributed by atoms with Crippen LogP contribution in [0, 0.1) is 17.8 Å². The molecular formula is C30H46O8. The van der Waals surface area contributed by atoms with Gasteiger partial charge >= 0.3 is 0 Å². The maximum Gasteiger partial charge on any atom is 0.232 e. The second-order valence-electron chi connectivity index (χ2n) is 11.3. The topological polar surface area (TPSA) is 129 Å². The van der Waals surface area contributed by atoms with Crippen LogP contribution in [-0.4, -0.2) is 81.2 Å². The Morgan fingerprint density at radius 1 is 1.08 bits per heavy atom. The third kappa shape index (κ3) is 5.29. The minimum Gasteiger partial charge on any atom is -0.462 e. The van der Waals surface area contributed by atoms with E-state index in [1.807, 2.05) is 30.3 Å². The Hall–Kier alpha value is -1.52. The largest absolute Gasteiger partial charge is 0.462 e. The maximum atomic E-state index is 12.2. The van der Waals surface area contributed by atoms with Crippen LogP contribution in [0.2, 0.25) is 0 Å². The van der Waals surface area contributed by atoms with E-state index in [9.17, 15) is 25.5 Å². The smallest absolute Gasteiger partial charge is 0.232 e. The summed E-state index contributed by atoms with van der Waals surface area (Å²) >= 11 is 0. The van der Waals surface area contributed by atoms with Crippen molar-refractivity contribution < 1.29 is 39.7 Å². The van der Waals surface area contributed by atoms with E-state index in [1.165, 1.54) is 0 Å². The lowest BCUT2D eigenvalue weighted by atomic mass is 9.56. The molecule has 4 rings (SSSR count). The number of benzene rings is 1. The molecule has 3 fully saturated rings. The van der Waals surface area contributed by atoms with E-state index < -0.39 is 35.8 Å². The van der Waals surface area contributed by atoms with Gasteiger partial charge in [-0.25, -0.2) is 0 Å². The van der Waals surface area contributed by atoms with Crippen LogP contribution in [0.4, 0.5) is 0 Å². The molecule has 1 aromatic carbocycles. The summed E-state index contributed by atoms with van der Waals surface area (Å²) in [5.41, 5.74) is -2.12. The summed E-state index contributed by atoms with van der Waals surface area (Å²) < 4.78 is 19.5. The molecule has 8 heteroatoms. The standard InChI is InChI=1S/C30H46O8/c1-3-5-6-18-36-30-23(15-17-32)19-22-11-10-21(14-16-31)25(33)26(29(22,35)27(30)34)38-28(30)37-24-12-8-20(7-4-2)9-13-24/h4,8-9,12-13,21-23,25-28,31-35H,2-3,5-7,10-11,14-19H2,1H3. The molecular weight excluding hydrogens is 488 g/mol. The Balaban J connectivity index is 1.76. The van der Waals surface area contributed by atoms with Crippen LogP contribution < -0.4 is 4.74 Å². The molecule has 0 radical (unpaired) electrons. The van der Waals surface area contributed by atoms with Crippen molar-refractivity contribution in [3.8, 4) is 5.75 Å². The highest BCUT2D eigenvalue weighted by atomic mass is 16.7. The van der Waals surface area contributed by atoms with E-state index in [0.717, 1.165) is 31.2 Å². The highest BCUT2D eigenvalue weighted by Crippen LogP contribution is 2.58. The first-order valence-electron chi connectivity index (χ1n) is 14.3. The van der Waals surface area contributed by atoms with Gasteiger partial charge in [0.2, 0.25) is 6.29 Å². The fourth-order valence-electron chi connectivity index (χ4n) is 7.08. The first-order chi connectivity index (χ1) is 18.4. The normalized spacial score (nSPS) is 38.4. The van der Waals surface area contributed by atoms with Crippen LogP contribution in [0.5, 0.6) is 5.75 Å². The van der Waals surface area contributed by atoms with Crippen molar-refractivity contribution >= 4 is 0 Å². The van der Waals surface area contributed by atoms with Gasteiger partial charge in [0.25, 0.3) is 0 Å². The second kappa shape index (κ2) is 12.8. The lowest BCUT2D eigenvalue weighted by molar-refractivity contribution is -0.406. The molecule has 38 heavy (non-hydrogen) atoms. The summed E-state index contributed by atoms with van der Waals surface area (Å²) in [7, 11) is 0. The third-order valence-corrected chi connectivity index (χ3v) is 9.12. The highest BCUT2D eigenvalue weighted by molar-refractivity contribution is 5.30. The lowest BCUT2D eigenvalue weighted by Crippen LogP contribution is -2.82. The predicted octanol–water partition coefficient (Wildman–Crippen LogP) is 2.73. The van der Waals surface area contributed by atoms with Crippen molar-refractivity contribution in [1.82, 2.24) is 0 Å². The van der Waals surface area contributed by atoms with Crippen molar-refractivity contribution in [2.45, 2.75) is 101 Å². The molecule has 5 N–H and O–H groups in total. The number of hydrogen-bond acceptors (Lipinski definition) is 8. The molecule has 1 aromatic rings. The van der Waals surface area contributed by atoms with Gasteiger partial charge in [-0.3, -0.25) is 0 Å². The zero-order valence-electron chi connectivity index (χ0n) is 22.6. The Morgan fingerprint density at radius 2 is 1.82 bits per heavy atom. The molecule has 214 valence electrons. The number of aliphatic hydroxyl groups excluding tert-OH is 4. The van der Waals surface area contributed by atoms with Gasteiger partial charge in [-0.2, -0.15) is 0 Å². The molecule has 1 aliphatic heterocycles. The molecule has 1 heterocycles. The molecule has 2 aliphatic carbocycles. The summed E-state index contributed by atoms with van der Waals surface area (Å²) in [5.74, 6) is -0.479.